The van der Waals surface area contributed by atoms with Gasteiger partial charge in [0, 0.05) is 10.7 Å². The van der Waals surface area contributed by atoms with E-state index in [1.807, 2.05) is 0 Å². The Labute approximate surface area is 122 Å². The summed E-state index contributed by atoms with van der Waals surface area (Å²) in [5.41, 5.74) is 4.20. The molecular formula is C13H14ClN3O2S. The molecule has 4 N–H and O–H groups in total. The Morgan fingerprint density at radius 1 is 1.10 bits per heavy atom. The quantitative estimate of drug-likeness (QED) is 0.599. The van der Waals surface area contributed by atoms with Crippen molar-refractivity contribution in [3.63, 3.8) is 0 Å². The molecule has 2 aromatic rings. The molecular weight excluding hydrogens is 298 g/mol. The van der Waals surface area contributed by atoms with E-state index in [-0.39, 0.29) is 4.90 Å². The maximum Gasteiger partial charge on any atom is 0.261 e. The van der Waals surface area contributed by atoms with Crippen LogP contribution in [0.2, 0.25) is 5.02 Å². The molecule has 5 nitrogen and oxygen atoms in total. The molecule has 20 heavy (non-hydrogen) atoms. The van der Waals surface area contributed by atoms with Gasteiger partial charge >= 0.3 is 0 Å². The molecule has 2 rings (SSSR count). The fourth-order valence-corrected chi connectivity index (χ4v) is 2.95. The zero-order valence-electron chi connectivity index (χ0n) is 10.7. The van der Waals surface area contributed by atoms with E-state index in [1.54, 1.807) is 37.3 Å². The van der Waals surface area contributed by atoms with Gasteiger partial charge in [0.2, 0.25) is 0 Å². The van der Waals surface area contributed by atoms with Gasteiger partial charge in [-0.25, -0.2) is 8.42 Å². The van der Waals surface area contributed by atoms with E-state index in [9.17, 15) is 8.42 Å². The number of hydrogen-bond donors (Lipinski definition) is 3. The lowest BCUT2D eigenvalue weighted by Crippen LogP contribution is -2.14. The van der Waals surface area contributed by atoms with Crippen LogP contribution in [0.1, 0.15) is 5.56 Å². The maximum atomic E-state index is 12.3. The van der Waals surface area contributed by atoms with Crippen molar-refractivity contribution in [1.82, 2.24) is 0 Å². The van der Waals surface area contributed by atoms with Gasteiger partial charge in [-0.1, -0.05) is 17.7 Å². The van der Waals surface area contributed by atoms with Crippen LogP contribution in [0.25, 0.3) is 0 Å². The van der Waals surface area contributed by atoms with Crippen molar-refractivity contribution in [2.45, 2.75) is 11.8 Å². The molecule has 0 fully saturated rings. The SMILES string of the molecule is Cc1c(Cl)cccc1NS(=O)(=O)c1ccc(NN)cc1. The summed E-state index contributed by atoms with van der Waals surface area (Å²) in [5.74, 6) is 5.24. The Balaban J connectivity index is 2.33. The molecule has 0 aliphatic rings. The van der Waals surface area contributed by atoms with E-state index in [0.29, 0.717) is 22.0 Å². The van der Waals surface area contributed by atoms with Gasteiger partial charge in [0.1, 0.15) is 0 Å². The molecule has 0 saturated carbocycles. The third-order valence-corrected chi connectivity index (χ3v) is 4.63. The predicted molar refractivity (Wildman–Crippen MR) is 81.2 cm³/mol. The average molecular weight is 312 g/mol. The van der Waals surface area contributed by atoms with Crippen LogP contribution in [0, 0.1) is 6.92 Å². The summed E-state index contributed by atoms with van der Waals surface area (Å²) in [6, 6.07) is 11.2. The van der Waals surface area contributed by atoms with Crippen LogP contribution in [0.3, 0.4) is 0 Å². The number of halogens is 1. The van der Waals surface area contributed by atoms with Crippen molar-refractivity contribution < 1.29 is 8.42 Å². The van der Waals surface area contributed by atoms with Crippen molar-refractivity contribution in [2.75, 3.05) is 10.1 Å². The first kappa shape index (κ1) is 14.6. The summed E-state index contributed by atoms with van der Waals surface area (Å²) in [6.45, 7) is 1.75. The third-order valence-electron chi connectivity index (χ3n) is 2.84. The molecule has 2 aromatic carbocycles. The monoisotopic (exact) mass is 311 g/mol. The lowest BCUT2D eigenvalue weighted by molar-refractivity contribution is 0.601. The van der Waals surface area contributed by atoms with Crippen molar-refractivity contribution in [3.8, 4) is 0 Å². The van der Waals surface area contributed by atoms with E-state index in [1.165, 1.54) is 12.1 Å². The molecule has 0 bridgehead atoms. The highest BCUT2D eigenvalue weighted by molar-refractivity contribution is 7.92. The van der Waals surface area contributed by atoms with Crippen molar-refractivity contribution in [3.05, 3.63) is 53.1 Å². The van der Waals surface area contributed by atoms with Gasteiger partial charge in [0.05, 0.1) is 10.6 Å². The summed E-state index contributed by atoms with van der Waals surface area (Å²) in [4.78, 5) is 0.149. The average Bonchev–Trinajstić information content (AvgIpc) is 2.44. The fourth-order valence-electron chi connectivity index (χ4n) is 1.65. The zero-order valence-corrected chi connectivity index (χ0v) is 12.3. The van der Waals surface area contributed by atoms with E-state index in [0.717, 1.165) is 0 Å². The molecule has 0 unspecified atom stereocenters. The molecule has 0 aliphatic carbocycles. The van der Waals surface area contributed by atoms with Crippen LogP contribution in [-0.4, -0.2) is 8.42 Å². The number of nitrogens with one attached hydrogen (secondary N) is 2. The third kappa shape index (κ3) is 3.04. The van der Waals surface area contributed by atoms with Crippen molar-refractivity contribution in [2.24, 2.45) is 5.84 Å². The smallest absolute Gasteiger partial charge is 0.261 e. The first-order valence-corrected chi connectivity index (χ1v) is 7.65. The number of nitrogen functional groups attached to an aromatic ring is 1. The highest BCUT2D eigenvalue weighted by atomic mass is 35.5. The van der Waals surface area contributed by atoms with E-state index in [2.05, 4.69) is 10.1 Å². The Morgan fingerprint density at radius 2 is 1.75 bits per heavy atom. The topological polar surface area (TPSA) is 84.2 Å². The van der Waals surface area contributed by atoms with Gasteiger partial charge in [-0.05, 0) is 48.9 Å². The standard InChI is InChI=1S/C13H14ClN3O2S/c1-9-12(14)3-2-4-13(9)17-20(18,19)11-7-5-10(16-15)6-8-11/h2-8,16-17H,15H2,1H3. The molecule has 7 heteroatoms. The largest absolute Gasteiger partial charge is 0.324 e. The van der Waals surface area contributed by atoms with Crippen LogP contribution in [0.5, 0.6) is 0 Å². The van der Waals surface area contributed by atoms with Gasteiger partial charge < -0.3 is 5.43 Å². The number of nitrogens with two attached hydrogens (primary N) is 1. The second kappa shape index (κ2) is 5.70. The number of hydrogen-bond acceptors (Lipinski definition) is 4. The Morgan fingerprint density at radius 3 is 2.35 bits per heavy atom. The maximum absolute atomic E-state index is 12.3. The Kier molecular flexibility index (Phi) is 4.17. The van der Waals surface area contributed by atoms with Crippen LogP contribution in [0.15, 0.2) is 47.4 Å². The summed E-state index contributed by atoms with van der Waals surface area (Å²) in [5, 5.41) is 0.507. The fraction of sp³-hybridized carbons (Fsp3) is 0.0769. The molecule has 0 saturated heterocycles. The molecule has 0 atom stereocenters. The highest BCUT2D eigenvalue weighted by Crippen LogP contribution is 2.25. The Bertz CT molecular complexity index is 715. The molecule has 106 valence electrons. The summed E-state index contributed by atoms with van der Waals surface area (Å²) < 4.78 is 27.0. The second-order valence-electron chi connectivity index (χ2n) is 4.19. The van der Waals surface area contributed by atoms with Crippen LogP contribution < -0.4 is 16.0 Å². The minimum atomic E-state index is -3.65. The minimum Gasteiger partial charge on any atom is -0.324 e. The van der Waals surface area contributed by atoms with Gasteiger partial charge in [-0.3, -0.25) is 10.6 Å². The second-order valence-corrected chi connectivity index (χ2v) is 6.28. The minimum absolute atomic E-state index is 0.149. The number of benzene rings is 2. The van der Waals surface area contributed by atoms with Gasteiger partial charge in [-0.15, -0.1) is 0 Å². The summed E-state index contributed by atoms with van der Waals surface area (Å²) in [6.07, 6.45) is 0. The van der Waals surface area contributed by atoms with Crippen molar-refractivity contribution in [1.29, 1.82) is 0 Å². The first-order chi connectivity index (χ1) is 9.44. The normalized spacial score (nSPS) is 11.2. The number of hydrazine groups is 1. The van der Waals surface area contributed by atoms with E-state index >= 15 is 0 Å². The highest BCUT2D eigenvalue weighted by Gasteiger charge is 2.15. The van der Waals surface area contributed by atoms with Gasteiger partial charge in [-0.2, -0.15) is 0 Å². The lowest BCUT2D eigenvalue weighted by atomic mass is 10.2. The summed E-state index contributed by atoms with van der Waals surface area (Å²) in [7, 11) is -3.65. The first-order valence-electron chi connectivity index (χ1n) is 5.78. The molecule has 0 aromatic heterocycles. The summed E-state index contributed by atoms with van der Waals surface area (Å²) >= 11 is 5.97. The molecule has 0 aliphatic heterocycles. The Hall–Kier alpha value is -1.76. The van der Waals surface area contributed by atoms with E-state index < -0.39 is 10.0 Å². The number of rotatable bonds is 4. The molecule has 0 heterocycles. The lowest BCUT2D eigenvalue weighted by Gasteiger charge is -2.11. The van der Waals surface area contributed by atoms with Crippen LogP contribution in [0.4, 0.5) is 11.4 Å². The van der Waals surface area contributed by atoms with Gasteiger partial charge in [0.25, 0.3) is 10.0 Å². The molecule has 0 spiro atoms. The molecule has 0 radical (unpaired) electrons. The van der Waals surface area contributed by atoms with Gasteiger partial charge in [0.15, 0.2) is 0 Å². The number of sulfonamides is 1. The molecule has 0 amide bonds. The zero-order chi connectivity index (χ0) is 14.8. The predicted octanol–water partition coefficient (Wildman–Crippen LogP) is 2.73. The van der Waals surface area contributed by atoms with Crippen LogP contribution >= 0.6 is 11.6 Å². The van der Waals surface area contributed by atoms with Crippen molar-refractivity contribution >= 4 is 33.0 Å². The van der Waals surface area contributed by atoms with E-state index in [4.69, 9.17) is 17.4 Å². The number of anilines is 2. The van der Waals surface area contributed by atoms with Crippen LogP contribution in [-0.2, 0) is 10.0 Å².